The molecule has 0 aliphatic heterocycles. The maximum atomic E-state index is 12.5. The minimum atomic E-state index is 0.0375. The van der Waals surface area contributed by atoms with E-state index in [1.54, 1.807) is 0 Å². The van der Waals surface area contributed by atoms with Gasteiger partial charge in [-0.3, -0.25) is 4.79 Å². The van der Waals surface area contributed by atoms with Gasteiger partial charge in [-0.2, -0.15) is 0 Å². The summed E-state index contributed by atoms with van der Waals surface area (Å²) in [6, 6.07) is 30.7. The molecule has 1 aromatic heterocycles. The molecule has 0 saturated heterocycles. The number of fused-ring (bicyclic) bond motifs is 2. The number of benzene rings is 4. The van der Waals surface area contributed by atoms with Crippen LogP contribution < -0.4 is 10.1 Å². The Labute approximate surface area is 211 Å². The van der Waals surface area contributed by atoms with Gasteiger partial charge in [-0.1, -0.05) is 72.8 Å². The maximum absolute atomic E-state index is 12.5. The van der Waals surface area contributed by atoms with Crippen molar-refractivity contribution in [1.82, 2.24) is 14.9 Å². The molecule has 0 fully saturated rings. The highest BCUT2D eigenvalue weighted by Crippen LogP contribution is 2.25. The molecule has 4 aromatic carbocycles. The van der Waals surface area contributed by atoms with Gasteiger partial charge in [0.1, 0.15) is 11.6 Å². The summed E-state index contributed by atoms with van der Waals surface area (Å²) in [5.74, 6) is 1.94. The Morgan fingerprint density at radius 2 is 1.69 bits per heavy atom. The van der Waals surface area contributed by atoms with Crippen LogP contribution in [-0.4, -0.2) is 28.6 Å². The van der Waals surface area contributed by atoms with Crippen LogP contribution in [0.2, 0.25) is 0 Å². The Balaban J connectivity index is 1.20. The van der Waals surface area contributed by atoms with Gasteiger partial charge in [-0.15, -0.1) is 0 Å². The number of hydrogen-bond donors (Lipinski definition) is 1. The van der Waals surface area contributed by atoms with E-state index in [0.717, 1.165) is 52.1 Å². The van der Waals surface area contributed by atoms with Crippen molar-refractivity contribution >= 4 is 27.7 Å². The third kappa shape index (κ3) is 5.41. The lowest BCUT2D eigenvalue weighted by Gasteiger charge is -2.12. The van der Waals surface area contributed by atoms with Crippen LogP contribution in [0.4, 0.5) is 0 Å². The zero-order valence-corrected chi connectivity index (χ0v) is 20.6. The van der Waals surface area contributed by atoms with Gasteiger partial charge < -0.3 is 14.6 Å². The third-order valence-corrected chi connectivity index (χ3v) is 6.55. The highest BCUT2D eigenvalue weighted by Gasteiger charge is 2.12. The fraction of sp³-hybridized carbons (Fsp3) is 0.226. The standard InChI is InChI=1S/C31H31N3O2/c1-23-10-2-3-12-25(23)22-31(35)32-19-18-30-33-27-15-6-7-16-28(27)34(30)20-9-21-36-29-17-8-13-24-11-4-5-14-26(24)29/h2-8,10-17H,9,18-22H2,1H3,(H,32,35). The minimum Gasteiger partial charge on any atom is -0.493 e. The van der Waals surface area contributed by atoms with Crippen LogP contribution in [0.3, 0.4) is 0 Å². The first-order valence-corrected chi connectivity index (χ1v) is 12.5. The molecule has 0 unspecified atom stereocenters. The predicted octanol–water partition coefficient (Wildman–Crippen LogP) is 5.87. The molecule has 182 valence electrons. The molecular weight excluding hydrogens is 446 g/mol. The van der Waals surface area contributed by atoms with E-state index in [2.05, 4.69) is 34.1 Å². The van der Waals surface area contributed by atoms with E-state index in [-0.39, 0.29) is 5.91 Å². The number of rotatable bonds is 10. The Kier molecular flexibility index (Phi) is 7.27. The molecule has 0 radical (unpaired) electrons. The van der Waals surface area contributed by atoms with Crippen molar-refractivity contribution in [2.24, 2.45) is 0 Å². The molecule has 0 spiro atoms. The van der Waals surface area contributed by atoms with E-state index in [0.29, 0.717) is 26.0 Å². The van der Waals surface area contributed by atoms with Gasteiger partial charge in [0.05, 0.1) is 24.1 Å². The van der Waals surface area contributed by atoms with E-state index in [9.17, 15) is 4.79 Å². The molecule has 1 N–H and O–H groups in total. The number of aryl methyl sites for hydroxylation is 2. The number of nitrogens with zero attached hydrogens (tertiary/aromatic N) is 2. The number of carbonyl (C=O) groups excluding carboxylic acids is 1. The zero-order valence-electron chi connectivity index (χ0n) is 20.6. The van der Waals surface area contributed by atoms with Crippen molar-refractivity contribution < 1.29 is 9.53 Å². The summed E-state index contributed by atoms with van der Waals surface area (Å²) >= 11 is 0. The summed E-state index contributed by atoms with van der Waals surface area (Å²) in [4.78, 5) is 17.4. The number of aromatic nitrogens is 2. The summed E-state index contributed by atoms with van der Waals surface area (Å²) in [6.07, 6.45) is 1.93. The Morgan fingerprint density at radius 1 is 0.917 bits per heavy atom. The van der Waals surface area contributed by atoms with Gasteiger partial charge in [0.15, 0.2) is 0 Å². The van der Waals surface area contributed by atoms with Crippen molar-refractivity contribution in [3.8, 4) is 5.75 Å². The SMILES string of the molecule is Cc1ccccc1CC(=O)NCCc1nc2ccccc2n1CCCOc1cccc2ccccc12. The van der Waals surface area contributed by atoms with Gasteiger partial charge in [0.25, 0.3) is 0 Å². The molecule has 0 atom stereocenters. The monoisotopic (exact) mass is 477 g/mol. The molecule has 0 aliphatic rings. The number of hydrogen-bond acceptors (Lipinski definition) is 3. The normalized spacial score (nSPS) is 11.1. The number of carbonyl (C=O) groups is 1. The molecule has 1 amide bonds. The fourth-order valence-corrected chi connectivity index (χ4v) is 4.65. The first-order valence-electron chi connectivity index (χ1n) is 12.5. The van der Waals surface area contributed by atoms with Gasteiger partial charge in [0.2, 0.25) is 5.91 Å². The predicted molar refractivity (Wildman–Crippen MR) is 145 cm³/mol. The van der Waals surface area contributed by atoms with E-state index in [1.165, 1.54) is 5.39 Å². The van der Waals surface area contributed by atoms with Crippen molar-refractivity contribution in [3.63, 3.8) is 0 Å². The van der Waals surface area contributed by atoms with Crippen LogP contribution in [0, 0.1) is 6.92 Å². The third-order valence-electron chi connectivity index (χ3n) is 6.55. The van der Waals surface area contributed by atoms with Crippen molar-refractivity contribution in [2.75, 3.05) is 13.2 Å². The smallest absolute Gasteiger partial charge is 0.224 e. The van der Waals surface area contributed by atoms with Crippen molar-refractivity contribution in [2.45, 2.75) is 32.7 Å². The van der Waals surface area contributed by atoms with Crippen LogP contribution in [0.5, 0.6) is 5.75 Å². The lowest BCUT2D eigenvalue weighted by atomic mass is 10.1. The maximum Gasteiger partial charge on any atom is 0.224 e. The van der Waals surface area contributed by atoms with Crippen LogP contribution in [0.25, 0.3) is 21.8 Å². The van der Waals surface area contributed by atoms with Crippen LogP contribution >= 0.6 is 0 Å². The van der Waals surface area contributed by atoms with E-state index in [1.807, 2.05) is 73.7 Å². The molecular formula is C31H31N3O2. The molecule has 5 aromatic rings. The first-order chi connectivity index (χ1) is 17.7. The molecule has 0 aliphatic carbocycles. The summed E-state index contributed by atoms with van der Waals surface area (Å²) in [7, 11) is 0. The molecule has 5 nitrogen and oxygen atoms in total. The Bertz CT molecular complexity index is 1480. The average molecular weight is 478 g/mol. The second kappa shape index (κ2) is 11.1. The molecule has 0 bridgehead atoms. The van der Waals surface area contributed by atoms with Crippen LogP contribution in [0.15, 0.2) is 91.0 Å². The van der Waals surface area contributed by atoms with Gasteiger partial charge >= 0.3 is 0 Å². The van der Waals surface area contributed by atoms with Gasteiger partial charge in [-0.25, -0.2) is 4.98 Å². The summed E-state index contributed by atoms with van der Waals surface area (Å²) in [6.45, 7) is 4.01. The lowest BCUT2D eigenvalue weighted by Crippen LogP contribution is -2.28. The first kappa shape index (κ1) is 23.6. The fourth-order valence-electron chi connectivity index (χ4n) is 4.65. The molecule has 5 heteroatoms. The second-order valence-corrected chi connectivity index (χ2v) is 9.05. The van der Waals surface area contributed by atoms with Crippen molar-refractivity contribution in [3.05, 3.63) is 108 Å². The highest BCUT2D eigenvalue weighted by atomic mass is 16.5. The van der Waals surface area contributed by atoms with E-state index < -0.39 is 0 Å². The number of nitrogens with one attached hydrogen (secondary N) is 1. The number of imidazole rings is 1. The highest BCUT2D eigenvalue weighted by molar-refractivity contribution is 5.88. The second-order valence-electron chi connectivity index (χ2n) is 9.05. The topological polar surface area (TPSA) is 56.2 Å². The molecule has 1 heterocycles. The van der Waals surface area contributed by atoms with Crippen molar-refractivity contribution in [1.29, 1.82) is 0 Å². The molecule has 0 saturated carbocycles. The van der Waals surface area contributed by atoms with E-state index in [4.69, 9.17) is 9.72 Å². The number of amides is 1. The Hall–Kier alpha value is -4.12. The minimum absolute atomic E-state index is 0.0375. The Morgan fingerprint density at radius 3 is 2.61 bits per heavy atom. The van der Waals surface area contributed by atoms with Gasteiger partial charge in [0, 0.05) is 24.9 Å². The molecule has 36 heavy (non-hydrogen) atoms. The summed E-state index contributed by atoms with van der Waals surface area (Å²) < 4.78 is 8.42. The number of ether oxygens (including phenoxy) is 1. The molecule has 5 rings (SSSR count). The quantitative estimate of drug-likeness (QED) is 0.256. The van der Waals surface area contributed by atoms with Crippen LogP contribution in [-0.2, 0) is 24.2 Å². The van der Waals surface area contributed by atoms with Crippen LogP contribution in [0.1, 0.15) is 23.4 Å². The van der Waals surface area contributed by atoms with E-state index >= 15 is 0 Å². The van der Waals surface area contributed by atoms with Gasteiger partial charge in [-0.05, 0) is 48.1 Å². The summed E-state index contributed by atoms with van der Waals surface area (Å²) in [5, 5.41) is 5.38. The summed E-state index contributed by atoms with van der Waals surface area (Å²) in [5.41, 5.74) is 4.30. The zero-order chi connectivity index (χ0) is 24.7. The largest absolute Gasteiger partial charge is 0.493 e. The average Bonchev–Trinajstić information content (AvgIpc) is 3.25. The lowest BCUT2D eigenvalue weighted by molar-refractivity contribution is -0.120. The number of para-hydroxylation sites is 2.